The normalized spacial score (nSPS) is 16.8. The van der Waals surface area contributed by atoms with Crippen molar-refractivity contribution in [2.75, 3.05) is 18.8 Å². The number of nitrogens with two attached hydrogens (primary N) is 1. The van der Waals surface area contributed by atoms with Crippen molar-refractivity contribution in [3.05, 3.63) is 30.1 Å². The maximum atomic E-state index is 6.19. The molecular weight excluding hydrogens is 262 g/mol. The molecule has 0 saturated carbocycles. The van der Waals surface area contributed by atoms with Crippen LogP contribution in [-0.4, -0.2) is 28.0 Å². The van der Waals surface area contributed by atoms with Gasteiger partial charge >= 0.3 is 0 Å². The van der Waals surface area contributed by atoms with Crippen molar-refractivity contribution >= 4 is 27.8 Å². The lowest BCUT2D eigenvalue weighted by molar-refractivity contribution is 0.373. The Hall–Kier alpha value is -2.14. The molecule has 0 unspecified atom stereocenters. The molecule has 4 heterocycles. The Morgan fingerprint density at radius 2 is 2.10 bits per heavy atom. The molecular formula is C16H19N5. The second kappa shape index (κ2) is 5.00. The number of nitrogens with zero attached hydrogens (tertiary/aromatic N) is 2. The highest BCUT2D eigenvalue weighted by Crippen LogP contribution is 2.32. The molecule has 0 atom stereocenters. The Balaban J connectivity index is 1.87. The van der Waals surface area contributed by atoms with Gasteiger partial charge in [-0.15, -0.1) is 0 Å². The first-order valence-electron chi connectivity index (χ1n) is 7.53. The van der Waals surface area contributed by atoms with E-state index >= 15 is 0 Å². The molecule has 1 saturated heterocycles. The van der Waals surface area contributed by atoms with Gasteiger partial charge in [-0.05, 0) is 50.4 Å². The van der Waals surface area contributed by atoms with Crippen LogP contribution in [-0.2, 0) is 6.42 Å². The predicted molar refractivity (Wildman–Crippen MR) is 85.1 cm³/mol. The van der Waals surface area contributed by atoms with Gasteiger partial charge < -0.3 is 16.0 Å². The summed E-state index contributed by atoms with van der Waals surface area (Å²) in [5, 5.41) is 5.76. The lowest BCUT2D eigenvalue weighted by atomic mass is 9.89. The number of nitrogen functional groups attached to an aromatic ring is 1. The van der Waals surface area contributed by atoms with E-state index in [4.69, 9.17) is 5.73 Å². The lowest BCUT2D eigenvalue weighted by Gasteiger charge is -2.23. The summed E-state index contributed by atoms with van der Waals surface area (Å²) < 4.78 is 0. The molecule has 5 heteroatoms. The van der Waals surface area contributed by atoms with Gasteiger partial charge in [0, 0.05) is 22.5 Å². The molecule has 0 amide bonds. The Morgan fingerprint density at radius 3 is 2.95 bits per heavy atom. The zero-order chi connectivity index (χ0) is 14.2. The summed E-state index contributed by atoms with van der Waals surface area (Å²) in [6, 6.07) is 4.08. The molecule has 1 aliphatic rings. The summed E-state index contributed by atoms with van der Waals surface area (Å²) in [6.45, 7) is 2.20. The number of hydrogen-bond donors (Lipinski definition) is 3. The molecule has 1 fully saturated rings. The summed E-state index contributed by atoms with van der Waals surface area (Å²) >= 11 is 0. The number of fused-ring (bicyclic) bond motifs is 3. The second-order valence-corrected chi connectivity index (χ2v) is 5.83. The van der Waals surface area contributed by atoms with Crippen LogP contribution in [0.5, 0.6) is 0 Å². The first-order valence-corrected chi connectivity index (χ1v) is 7.53. The lowest BCUT2D eigenvalue weighted by Crippen LogP contribution is -2.28. The van der Waals surface area contributed by atoms with E-state index < -0.39 is 0 Å². The highest BCUT2D eigenvalue weighted by Gasteiger charge is 2.19. The number of aromatic amines is 1. The Bertz CT molecular complexity index is 786. The second-order valence-electron chi connectivity index (χ2n) is 5.83. The fourth-order valence-electron chi connectivity index (χ4n) is 3.38. The van der Waals surface area contributed by atoms with E-state index in [1.54, 1.807) is 6.20 Å². The van der Waals surface area contributed by atoms with Crippen molar-refractivity contribution in [3.63, 3.8) is 0 Å². The van der Waals surface area contributed by atoms with E-state index in [2.05, 4.69) is 26.3 Å². The van der Waals surface area contributed by atoms with Crippen LogP contribution in [0.2, 0.25) is 0 Å². The molecule has 4 rings (SSSR count). The topological polar surface area (TPSA) is 79.6 Å². The van der Waals surface area contributed by atoms with Crippen LogP contribution in [0.4, 0.5) is 5.82 Å². The van der Waals surface area contributed by atoms with Crippen molar-refractivity contribution < 1.29 is 0 Å². The van der Waals surface area contributed by atoms with E-state index in [0.29, 0.717) is 11.7 Å². The third-order valence-electron chi connectivity index (χ3n) is 4.49. The number of anilines is 1. The number of nitrogens with one attached hydrogen (secondary N) is 2. The maximum Gasteiger partial charge on any atom is 0.138 e. The van der Waals surface area contributed by atoms with Crippen LogP contribution in [0.25, 0.3) is 21.9 Å². The van der Waals surface area contributed by atoms with Crippen LogP contribution < -0.4 is 11.1 Å². The summed E-state index contributed by atoms with van der Waals surface area (Å²) in [7, 11) is 0. The maximum absolute atomic E-state index is 6.19. The molecule has 0 spiro atoms. The first kappa shape index (κ1) is 12.6. The van der Waals surface area contributed by atoms with Gasteiger partial charge in [-0.25, -0.2) is 9.97 Å². The molecule has 3 aromatic rings. The fraction of sp³-hybridized carbons (Fsp3) is 0.375. The monoisotopic (exact) mass is 281 g/mol. The highest BCUT2D eigenvalue weighted by molar-refractivity contribution is 6.08. The minimum Gasteiger partial charge on any atom is -0.383 e. The van der Waals surface area contributed by atoms with Crippen molar-refractivity contribution in [1.82, 2.24) is 20.3 Å². The number of aromatic nitrogens is 3. The zero-order valence-corrected chi connectivity index (χ0v) is 11.9. The largest absolute Gasteiger partial charge is 0.383 e. The highest BCUT2D eigenvalue weighted by atomic mass is 14.9. The van der Waals surface area contributed by atoms with Crippen molar-refractivity contribution in [2.45, 2.75) is 19.3 Å². The minimum absolute atomic E-state index is 0.658. The zero-order valence-electron chi connectivity index (χ0n) is 11.9. The van der Waals surface area contributed by atoms with Crippen LogP contribution >= 0.6 is 0 Å². The van der Waals surface area contributed by atoms with E-state index in [0.717, 1.165) is 36.1 Å². The van der Waals surface area contributed by atoms with Crippen molar-refractivity contribution in [1.29, 1.82) is 0 Å². The summed E-state index contributed by atoms with van der Waals surface area (Å²) in [5.41, 5.74) is 9.31. The summed E-state index contributed by atoms with van der Waals surface area (Å²) in [4.78, 5) is 12.1. The van der Waals surface area contributed by atoms with Gasteiger partial charge in [-0.3, -0.25) is 0 Å². The van der Waals surface area contributed by atoms with E-state index in [-0.39, 0.29) is 0 Å². The van der Waals surface area contributed by atoms with Gasteiger partial charge in [0.25, 0.3) is 0 Å². The molecule has 0 aromatic carbocycles. The van der Waals surface area contributed by atoms with Crippen molar-refractivity contribution in [3.8, 4) is 0 Å². The Kier molecular flexibility index (Phi) is 3.00. The quantitative estimate of drug-likeness (QED) is 0.673. The minimum atomic E-state index is 0.658. The van der Waals surface area contributed by atoms with Crippen LogP contribution in [0.1, 0.15) is 18.4 Å². The Morgan fingerprint density at radius 1 is 1.24 bits per heavy atom. The standard InChI is InChI=1S/C16H19N5/c17-15-12(8-10-3-6-18-7-4-10)14-11-2-1-5-19-16(11)21-13(14)9-20-15/h1-2,5,9-10,18H,3-4,6-8H2,(H2,17,20)(H,19,21). The third kappa shape index (κ3) is 2.14. The summed E-state index contributed by atoms with van der Waals surface area (Å²) in [5.74, 6) is 1.34. The smallest absolute Gasteiger partial charge is 0.138 e. The molecule has 108 valence electrons. The first-order chi connectivity index (χ1) is 10.3. The molecule has 21 heavy (non-hydrogen) atoms. The number of piperidine rings is 1. The number of rotatable bonds is 2. The molecule has 5 nitrogen and oxygen atoms in total. The van der Waals surface area contributed by atoms with Gasteiger partial charge in [0.1, 0.15) is 11.5 Å². The van der Waals surface area contributed by atoms with Gasteiger partial charge in [-0.2, -0.15) is 0 Å². The number of hydrogen-bond acceptors (Lipinski definition) is 4. The Labute approximate surface area is 123 Å². The van der Waals surface area contributed by atoms with E-state index in [1.165, 1.54) is 23.8 Å². The van der Waals surface area contributed by atoms with Crippen LogP contribution in [0.15, 0.2) is 24.5 Å². The van der Waals surface area contributed by atoms with Crippen LogP contribution in [0, 0.1) is 5.92 Å². The average molecular weight is 281 g/mol. The number of pyridine rings is 2. The van der Waals surface area contributed by atoms with Crippen molar-refractivity contribution in [2.24, 2.45) is 5.92 Å². The molecule has 0 bridgehead atoms. The van der Waals surface area contributed by atoms with Gasteiger partial charge in [0.05, 0.1) is 11.7 Å². The van der Waals surface area contributed by atoms with E-state index in [1.807, 2.05) is 12.3 Å². The summed E-state index contributed by atoms with van der Waals surface area (Å²) in [6.07, 6.45) is 7.03. The van der Waals surface area contributed by atoms with Gasteiger partial charge in [0.2, 0.25) is 0 Å². The third-order valence-corrected chi connectivity index (χ3v) is 4.49. The predicted octanol–water partition coefficient (Wildman–Crippen LogP) is 2.24. The number of H-pyrrole nitrogens is 1. The van der Waals surface area contributed by atoms with Gasteiger partial charge in [0.15, 0.2) is 0 Å². The molecule has 3 aromatic heterocycles. The van der Waals surface area contributed by atoms with E-state index in [9.17, 15) is 0 Å². The molecule has 4 N–H and O–H groups in total. The van der Waals surface area contributed by atoms with Crippen LogP contribution in [0.3, 0.4) is 0 Å². The molecule has 0 aliphatic carbocycles. The van der Waals surface area contributed by atoms with Gasteiger partial charge in [-0.1, -0.05) is 0 Å². The fourth-order valence-corrected chi connectivity index (χ4v) is 3.38. The molecule has 0 radical (unpaired) electrons. The SMILES string of the molecule is Nc1ncc2[nH]c3ncccc3c2c1CC1CCNCC1. The average Bonchev–Trinajstić information content (AvgIpc) is 2.90. The molecule has 1 aliphatic heterocycles.